The molecule has 2 heterocycles. The topological polar surface area (TPSA) is 97.1 Å². The minimum Gasteiger partial charge on any atom is -0.351 e. The van der Waals surface area contributed by atoms with Crippen LogP contribution in [0.15, 0.2) is 24.7 Å². The van der Waals surface area contributed by atoms with E-state index in [2.05, 4.69) is 20.3 Å². The number of rotatable bonds is 6. The summed E-state index contributed by atoms with van der Waals surface area (Å²) in [6.07, 6.45) is 2.94. The molecule has 0 saturated carbocycles. The third-order valence-corrected chi connectivity index (χ3v) is 3.29. The Kier molecular flexibility index (Phi) is 4.82. The first kappa shape index (κ1) is 15.6. The van der Waals surface area contributed by atoms with Crippen molar-refractivity contribution in [1.82, 2.24) is 15.0 Å². The summed E-state index contributed by atoms with van der Waals surface area (Å²) in [6.45, 7) is 6.96. The van der Waals surface area contributed by atoms with Crippen LogP contribution in [0.25, 0.3) is 0 Å². The maximum absolute atomic E-state index is 11.5. The van der Waals surface area contributed by atoms with E-state index >= 15 is 0 Å². The standard InChI is InChI=1S/C14H18N6O2/c1-4-19(5-2)14-11(20(21)22)13(16-9-17-14)18-12-10(3)7-6-8-15-12/h6-9H,4-5H2,1-3H3,(H,15,16,17,18). The second-order valence-corrected chi connectivity index (χ2v) is 4.62. The van der Waals surface area contributed by atoms with Gasteiger partial charge in [-0.05, 0) is 32.4 Å². The van der Waals surface area contributed by atoms with Gasteiger partial charge in [0.15, 0.2) is 0 Å². The van der Waals surface area contributed by atoms with E-state index in [0.29, 0.717) is 24.7 Å². The molecule has 0 fully saturated rings. The smallest absolute Gasteiger partial charge is 0.351 e. The van der Waals surface area contributed by atoms with Crippen molar-refractivity contribution in [2.75, 3.05) is 23.3 Å². The number of pyridine rings is 1. The van der Waals surface area contributed by atoms with Gasteiger partial charge in [-0.3, -0.25) is 10.1 Å². The molecular weight excluding hydrogens is 284 g/mol. The minimum atomic E-state index is -0.464. The summed E-state index contributed by atoms with van der Waals surface area (Å²) >= 11 is 0. The third-order valence-electron chi connectivity index (χ3n) is 3.29. The first-order chi connectivity index (χ1) is 10.6. The molecule has 0 aliphatic heterocycles. The molecule has 1 N–H and O–H groups in total. The van der Waals surface area contributed by atoms with E-state index in [1.807, 2.05) is 31.7 Å². The molecule has 2 aromatic rings. The Labute approximate surface area is 128 Å². The minimum absolute atomic E-state index is 0.142. The predicted octanol–water partition coefficient (Wildman–Crippen LogP) is 2.68. The average molecular weight is 302 g/mol. The van der Waals surface area contributed by atoms with Gasteiger partial charge in [-0.15, -0.1) is 0 Å². The molecule has 0 bridgehead atoms. The summed E-state index contributed by atoms with van der Waals surface area (Å²) < 4.78 is 0. The quantitative estimate of drug-likeness (QED) is 0.647. The van der Waals surface area contributed by atoms with Crippen LogP contribution in [0.2, 0.25) is 0 Å². The van der Waals surface area contributed by atoms with Crippen LogP contribution in [0.5, 0.6) is 0 Å². The maximum Gasteiger partial charge on any atom is 0.353 e. The van der Waals surface area contributed by atoms with Crippen LogP contribution in [0, 0.1) is 17.0 Å². The summed E-state index contributed by atoms with van der Waals surface area (Å²) in [4.78, 5) is 25.1. The number of hydrogen-bond donors (Lipinski definition) is 1. The van der Waals surface area contributed by atoms with Crippen molar-refractivity contribution in [2.24, 2.45) is 0 Å². The number of aryl methyl sites for hydroxylation is 1. The number of nitrogens with one attached hydrogen (secondary N) is 1. The van der Waals surface area contributed by atoms with E-state index in [-0.39, 0.29) is 11.5 Å². The van der Waals surface area contributed by atoms with Gasteiger partial charge >= 0.3 is 5.69 Å². The summed E-state index contributed by atoms with van der Waals surface area (Å²) in [6, 6.07) is 3.67. The maximum atomic E-state index is 11.5. The molecule has 0 atom stereocenters. The van der Waals surface area contributed by atoms with Gasteiger partial charge in [-0.2, -0.15) is 0 Å². The van der Waals surface area contributed by atoms with Gasteiger partial charge < -0.3 is 10.2 Å². The van der Waals surface area contributed by atoms with E-state index < -0.39 is 4.92 Å². The van der Waals surface area contributed by atoms with E-state index in [0.717, 1.165) is 5.56 Å². The number of hydrogen-bond acceptors (Lipinski definition) is 7. The summed E-state index contributed by atoms with van der Waals surface area (Å²) in [5.41, 5.74) is 0.732. The van der Waals surface area contributed by atoms with Crippen LogP contribution in [0.1, 0.15) is 19.4 Å². The molecule has 2 aromatic heterocycles. The first-order valence-corrected chi connectivity index (χ1v) is 7.01. The Balaban J connectivity index is 2.50. The summed E-state index contributed by atoms with van der Waals surface area (Å²) in [7, 11) is 0. The molecule has 22 heavy (non-hydrogen) atoms. The molecular formula is C14H18N6O2. The van der Waals surface area contributed by atoms with Crippen molar-refractivity contribution in [2.45, 2.75) is 20.8 Å². The molecule has 0 radical (unpaired) electrons. The Morgan fingerprint density at radius 2 is 1.95 bits per heavy atom. The monoisotopic (exact) mass is 302 g/mol. The molecule has 8 heteroatoms. The highest BCUT2D eigenvalue weighted by atomic mass is 16.6. The van der Waals surface area contributed by atoms with Crippen LogP contribution in [0.4, 0.5) is 23.1 Å². The molecule has 0 unspecified atom stereocenters. The molecule has 0 aliphatic carbocycles. The second kappa shape index (κ2) is 6.79. The molecule has 0 amide bonds. The lowest BCUT2D eigenvalue weighted by molar-refractivity contribution is -0.383. The lowest BCUT2D eigenvalue weighted by Crippen LogP contribution is -2.24. The Hall–Kier alpha value is -2.77. The molecule has 2 rings (SSSR count). The molecule has 0 spiro atoms. The van der Waals surface area contributed by atoms with Gasteiger partial charge in [0.1, 0.15) is 12.1 Å². The van der Waals surface area contributed by atoms with Crippen LogP contribution in [0.3, 0.4) is 0 Å². The van der Waals surface area contributed by atoms with Crippen molar-refractivity contribution in [3.8, 4) is 0 Å². The van der Waals surface area contributed by atoms with E-state index in [1.165, 1.54) is 6.33 Å². The predicted molar refractivity (Wildman–Crippen MR) is 84.5 cm³/mol. The Morgan fingerprint density at radius 3 is 2.55 bits per heavy atom. The van der Waals surface area contributed by atoms with Gasteiger partial charge in [0.25, 0.3) is 0 Å². The van der Waals surface area contributed by atoms with Crippen LogP contribution in [-0.4, -0.2) is 33.0 Å². The van der Waals surface area contributed by atoms with Gasteiger partial charge in [-0.25, -0.2) is 15.0 Å². The fourth-order valence-electron chi connectivity index (χ4n) is 2.11. The fraction of sp³-hybridized carbons (Fsp3) is 0.357. The Bertz CT molecular complexity index is 672. The summed E-state index contributed by atoms with van der Waals surface area (Å²) in [5, 5.41) is 14.4. The lowest BCUT2D eigenvalue weighted by atomic mass is 10.3. The number of aromatic nitrogens is 3. The molecule has 0 aromatic carbocycles. The van der Waals surface area contributed by atoms with Crippen molar-refractivity contribution in [1.29, 1.82) is 0 Å². The first-order valence-electron chi connectivity index (χ1n) is 7.01. The highest BCUT2D eigenvalue weighted by molar-refractivity contribution is 5.74. The Morgan fingerprint density at radius 1 is 1.23 bits per heavy atom. The van der Waals surface area contributed by atoms with Gasteiger partial charge in [0.05, 0.1) is 4.92 Å². The number of nitro groups is 1. The fourth-order valence-corrected chi connectivity index (χ4v) is 2.11. The SMILES string of the molecule is CCN(CC)c1ncnc(Nc2ncccc2C)c1[N+](=O)[O-]. The van der Waals surface area contributed by atoms with Gasteiger partial charge in [0.2, 0.25) is 11.6 Å². The zero-order valence-corrected chi connectivity index (χ0v) is 12.8. The lowest BCUT2D eigenvalue weighted by Gasteiger charge is -2.20. The van der Waals surface area contributed by atoms with Crippen molar-refractivity contribution in [3.63, 3.8) is 0 Å². The average Bonchev–Trinajstić information content (AvgIpc) is 2.51. The molecule has 8 nitrogen and oxygen atoms in total. The van der Waals surface area contributed by atoms with Crippen LogP contribution in [-0.2, 0) is 0 Å². The van der Waals surface area contributed by atoms with E-state index in [4.69, 9.17) is 0 Å². The largest absolute Gasteiger partial charge is 0.353 e. The van der Waals surface area contributed by atoms with Gasteiger partial charge in [0, 0.05) is 19.3 Å². The zero-order valence-electron chi connectivity index (χ0n) is 12.8. The number of nitrogens with zero attached hydrogens (tertiary/aromatic N) is 5. The van der Waals surface area contributed by atoms with Crippen LogP contribution < -0.4 is 10.2 Å². The van der Waals surface area contributed by atoms with E-state index in [9.17, 15) is 10.1 Å². The normalized spacial score (nSPS) is 10.3. The summed E-state index contributed by atoms with van der Waals surface area (Å²) in [5.74, 6) is 0.986. The van der Waals surface area contributed by atoms with Crippen molar-refractivity contribution >= 4 is 23.1 Å². The highest BCUT2D eigenvalue weighted by Gasteiger charge is 2.26. The second-order valence-electron chi connectivity index (χ2n) is 4.62. The zero-order chi connectivity index (χ0) is 16.1. The van der Waals surface area contributed by atoms with Crippen molar-refractivity contribution < 1.29 is 4.92 Å². The molecule has 0 saturated heterocycles. The van der Waals surface area contributed by atoms with Crippen molar-refractivity contribution in [3.05, 3.63) is 40.3 Å². The highest BCUT2D eigenvalue weighted by Crippen LogP contribution is 2.33. The number of anilines is 3. The van der Waals surface area contributed by atoms with Crippen LogP contribution >= 0.6 is 0 Å². The third kappa shape index (κ3) is 3.11. The van der Waals surface area contributed by atoms with E-state index in [1.54, 1.807) is 12.3 Å². The molecule has 0 aliphatic rings. The van der Waals surface area contributed by atoms with Gasteiger partial charge in [-0.1, -0.05) is 6.07 Å². The molecule has 116 valence electrons.